The van der Waals surface area contributed by atoms with E-state index in [0.29, 0.717) is 12.3 Å². The number of anilines is 2. The Labute approximate surface area is 217 Å². The van der Waals surface area contributed by atoms with Gasteiger partial charge in [-0.25, -0.2) is 0 Å². The van der Waals surface area contributed by atoms with Gasteiger partial charge in [-0.2, -0.15) is 0 Å². The maximum atomic E-state index is 12.7. The molecule has 194 valence electrons. The number of fused-ring (bicyclic) bond motifs is 1. The Kier molecular flexibility index (Phi) is 10.6. The fourth-order valence-corrected chi connectivity index (χ4v) is 4.92. The van der Waals surface area contributed by atoms with Crippen molar-refractivity contribution in [1.29, 1.82) is 0 Å². The molecule has 4 N–H and O–H groups in total. The Hall–Kier alpha value is -3.06. The molecule has 4 rings (SSSR count). The van der Waals surface area contributed by atoms with Gasteiger partial charge >= 0.3 is 11.9 Å². The smallest absolute Gasteiger partial charge is 0.303 e. The first-order chi connectivity index (χ1) is 17.3. The summed E-state index contributed by atoms with van der Waals surface area (Å²) in [5, 5.41) is 23.6. The molecule has 1 fully saturated rings. The predicted octanol–water partition coefficient (Wildman–Crippen LogP) is 6.40. The van der Waals surface area contributed by atoms with Crippen LogP contribution < -0.4 is 10.6 Å². The molecular formula is C28H35ClN2O5. The molecule has 0 atom stereocenters. The molecule has 1 heterocycles. The molecule has 0 radical (unpaired) electrons. The minimum atomic E-state index is -1.08. The van der Waals surface area contributed by atoms with Crippen LogP contribution in [0.25, 0.3) is 0 Å². The molecular weight excluding hydrogens is 480 g/mol. The molecule has 0 spiro atoms. The first kappa shape index (κ1) is 27.5. The van der Waals surface area contributed by atoms with Crippen molar-refractivity contribution >= 4 is 40.7 Å². The van der Waals surface area contributed by atoms with Crippen LogP contribution in [0.5, 0.6) is 0 Å². The van der Waals surface area contributed by atoms with E-state index in [0.717, 1.165) is 47.6 Å². The topological polar surface area (TPSA) is 116 Å². The van der Waals surface area contributed by atoms with Gasteiger partial charge in [-0.05, 0) is 55.4 Å². The van der Waals surface area contributed by atoms with Crippen molar-refractivity contribution < 1.29 is 24.6 Å². The molecule has 1 aliphatic heterocycles. The summed E-state index contributed by atoms with van der Waals surface area (Å²) in [6.45, 7) is 1.72. The lowest BCUT2D eigenvalue weighted by molar-refractivity contribution is -0.143. The van der Waals surface area contributed by atoms with Gasteiger partial charge in [0.15, 0.2) is 5.78 Å². The van der Waals surface area contributed by atoms with E-state index in [2.05, 4.69) is 28.8 Å². The molecule has 2 aromatic rings. The van der Waals surface area contributed by atoms with Gasteiger partial charge in [0.25, 0.3) is 0 Å². The van der Waals surface area contributed by atoms with E-state index in [4.69, 9.17) is 21.8 Å². The summed E-state index contributed by atoms with van der Waals surface area (Å²) in [6.07, 6.45) is 8.56. The lowest BCUT2D eigenvalue weighted by Gasteiger charge is -2.20. The Morgan fingerprint density at radius 3 is 2.19 bits per heavy atom. The van der Waals surface area contributed by atoms with Gasteiger partial charge in [0.1, 0.15) is 0 Å². The summed E-state index contributed by atoms with van der Waals surface area (Å²) >= 11 is 6.50. The number of aliphatic carboxylic acids is 2. The summed E-state index contributed by atoms with van der Waals surface area (Å²) in [6, 6.07) is 12.2. The van der Waals surface area contributed by atoms with Crippen molar-refractivity contribution in [2.24, 2.45) is 5.92 Å². The Balaban J connectivity index is 0.000000392. The maximum absolute atomic E-state index is 12.7. The van der Waals surface area contributed by atoms with Gasteiger partial charge < -0.3 is 20.8 Å². The average molecular weight is 515 g/mol. The third kappa shape index (κ3) is 8.26. The first-order valence-electron chi connectivity index (χ1n) is 12.7. The van der Waals surface area contributed by atoms with Crippen molar-refractivity contribution in [1.82, 2.24) is 0 Å². The number of hydrogen-bond acceptors (Lipinski definition) is 5. The van der Waals surface area contributed by atoms with E-state index in [1.54, 1.807) is 0 Å². The Morgan fingerprint density at radius 1 is 0.889 bits per heavy atom. The van der Waals surface area contributed by atoms with Crippen molar-refractivity contribution in [2.45, 2.75) is 70.8 Å². The fourth-order valence-electron chi connectivity index (χ4n) is 4.68. The summed E-state index contributed by atoms with van der Waals surface area (Å²) in [5.41, 5.74) is 5.53. The van der Waals surface area contributed by atoms with Crippen LogP contribution in [0.4, 0.5) is 11.4 Å². The molecule has 36 heavy (non-hydrogen) atoms. The molecule has 0 amide bonds. The van der Waals surface area contributed by atoms with E-state index in [-0.39, 0.29) is 18.8 Å². The number of hydrogen-bond donors (Lipinski definition) is 4. The summed E-state index contributed by atoms with van der Waals surface area (Å²) < 4.78 is 0. The molecule has 0 unspecified atom stereocenters. The van der Waals surface area contributed by atoms with Crippen molar-refractivity contribution in [2.75, 3.05) is 17.2 Å². The SMILES string of the molecule is O=C(O)CCC(=O)O.O=C(c1ccc(CNc2c(Cl)ccc3c2CCCCN3)cc1)C1CCCCC1. The average Bonchev–Trinajstić information content (AvgIpc) is 3.13. The van der Waals surface area contributed by atoms with Gasteiger partial charge in [-0.1, -0.05) is 55.1 Å². The second kappa shape index (κ2) is 13.9. The van der Waals surface area contributed by atoms with Crippen LogP contribution in [0, 0.1) is 5.92 Å². The molecule has 1 aliphatic carbocycles. The predicted molar refractivity (Wildman–Crippen MR) is 142 cm³/mol. The number of carboxylic acids is 2. The molecule has 2 aromatic carbocycles. The summed E-state index contributed by atoms with van der Waals surface area (Å²) in [5.74, 6) is -1.61. The zero-order valence-corrected chi connectivity index (χ0v) is 21.3. The zero-order valence-electron chi connectivity index (χ0n) is 20.5. The molecule has 8 heteroatoms. The van der Waals surface area contributed by atoms with Crippen LogP contribution in [-0.4, -0.2) is 34.5 Å². The van der Waals surface area contributed by atoms with Crippen molar-refractivity contribution in [3.63, 3.8) is 0 Å². The highest BCUT2D eigenvalue weighted by molar-refractivity contribution is 6.33. The van der Waals surface area contributed by atoms with Crippen LogP contribution in [0.15, 0.2) is 36.4 Å². The Bertz CT molecular complexity index is 1030. The van der Waals surface area contributed by atoms with Crippen molar-refractivity contribution in [3.05, 3.63) is 58.1 Å². The minimum absolute atomic E-state index is 0.226. The van der Waals surface area contributed by atoms with E-state index in [9.17, 15) is 14.4 Å². The molecule has 7 nitrogen and oxygen atoms in total. The number of halogens is 1. The van der Waals surface area contributed by atoms with Gasteiger partial charge in [-0.3, -0.25) is 14.4 Å². The molecule has 0 aromatic heterocycles. The molecule has 0 bridgehead atoms. The van der Waals surface area contributed by atoms with Gasteiger partial charge in [0.05, 0.1) is 23.6 Å². The van der Waals surface area contributed by atoms with Crippen LogP contribution in [0.1, 0.15) is 79.3 Å². The third-order valence-corrected chi connectivity index (χ3v) is 6.98. The number of Topliss-reactive ketones (excluding diaryl/α,β-unsaturated/α-hetero) is 1. The highest BCUT2D eigenvalue weighted by atomic mass is 35.5. The second-order valence-corrected chi connectivity index (χ2v) is 9.78. The van der Waals surface area contributed by atoms with Crippen LogP contribution in [0.2, 0.25) is 5.02 Å². The summed E-state index contributed by atoms with van der Waals surface area (Å²) in [7, 11) is 0. The maximum Gasteiger partial charge on any atom is 0.303 e. The normalized spacial score (nSPS) is 15.4. The number of benzene rings is 2. The number of rotatable bonds is 8. The monoisotopic (exact) mass is 514 g/mol. The standard InChI is InChI=1S/C24H29ClN2O.C4H6O4/c25-21-13-14-22-20(8-4-5-15-26-22)23(21)27-16-17-9-11-19(12-10-17)24(28)18-6-2-1-3-7-18;5-3(6)1-2-4(7)8/h9-14,18,26-27H,1-8,15-16H2;1-2H2,(H,5,6)(H,7,8). The largest absolute Gasteiger partial charge is 0.481 e. The lowest BCUT2D eigenvalue weighted by Crippen LogP contribution is -2.17. The highest BCUT2D eigenvalue weighted by Crippen LogP contribution is 2.35. The van der Waals surface area contributed by atoms with Gasteiger partial charge in [-0.15, -0.1) is 0 Å². The highest BCUT2D eigenvalue weighted by Gasteiger charge is 2.22. The van der Waals surface area contributed by atoms with Crippen molar-refractivity contribution in [3.8, 4) is 0 Å². The van der Waals surface area contributed by atoms with Crippen LogP contribution in [-0.2, 0) is 22.6 Å². The summed E-state index contributed by atoms with van der Waals surface area (Å²) in [4.78, 5) is 32.0. The van der Waals surface area contributed by atoms with E-state index >= 15 is 0 Å². The number of carbonyl (C=O) groups is 3. The number of carbonyl (C=O) groups excluding carboxylic acids is 1. The van der Waals surface area contributed by atoms with Gasteiger partial charge in [0, 0.05) is 30.3 Å². The lowest BCUT2D eigenvalue weighted by atomic mass is 9.84. The quantitative estimate of drug-likeness (QED) is 0.301. The van der Waals surface area contributed by atoms with E-state index < -0.39 is 11.9 Å². The molecule has 2 aliphatic rings. The fraction of sp³-hybridized carbons (Fsp3) is 0.464. The number of carboxylic acid groups (broad SMARTS) is 2. The van der Waals surface area contributed by atoms with Crippen LogP contribution in [0.3, 0.4) is 0 Å². The minimum Gasteiger partial charge on any atom is -0.481 e. The Morgan fingerprint density at radius 2 is 1.56 bits per heavy atom. The zero-order chi connectivity index (χ0) is 25.9. The third-order valence-electron chi connectivity index (χ3n) is 6.67. The number of nitrogens with one attached hydrogen (secondary N) is 2. The van der Waals surface area contributed by atoms with E-state index in [1.807, 2.05) is 18.2 Å². The van der Waals surface area contributed by atoms with Gasteiger partial charge in [0.2, 0.25) is 0 Å². The number of ketones is 1. The van der Waals surface area contributed by atoms with E-state index in [1.165, 1.54) is 43.4 Å². The second-order valence-electron chi connectivity index (χ2n) is 9.37. The molecule has 1 saturated carbocycles. The molecule has 0 saturated heterocycles. The van der Waals surface area contributed by atoms with Crippen LogP contribution >= 0.6 is 11.6 Å². The first-order valence-corrected chi connectivity index (χ1v) is 13.1.